The van der Waals surface area contributed by atoms with Crippen LogP contribution in [-0.4, -0.2) is 0 Å². The summed E-state index contributed by atoms with van der Waals surface area (Å²) >= 11 is 0. The molecule has 192 valence electrons. The normalized spacial score (nSPS) is 14.6. The maximum absolute atomic E-state index is 2.32. The zero-order valence-corrected chi connectivity index (χ0v) is 23.4. The van der Waals surface area contributed by atoms with E-state index in [2.05, 4.69) is 82.5 Å². The largest absolute Gasteiger partial charge is 1.00 e. The molecule has 3 aromatic rings. The summed E-state index contributed by atoms with van der Waals surface area (Å²) in [5.41, 5.74) is 3.72. The fraction of sp³-hybridized carbons (Fsp3) is 0.467. The summed E-state index contributed by atoms with van der Waals surface area (Å²) in [5, 5.41) is 0. The first-order chi connectivity index (χ1) is 15.9. The summed E-state index contributed by atoms with van der Waals surface area (Å²) in [6.07, 6.45) is 26.2. The third kappa shape index (κ3) is 10.6. The average molecular weight is 555 g/mol. The molecule has 2 aliphatic rings. The zero-order valence-electron chi connectivity index (χ0n) is 20.8. The van der Waals surface area contributed by atoms with Crippen molar-refractivity contribution in [3.05, 3.63) is 79.4 Å². The molecule has 0 amide bonds. The van der Waals surface area contributed by atoms with Crippen LogP contribution in [0.15, 0.2) is 79.4 Å². The van der Waals surface area contributed by atoms with Crippen molar-refractivity contribution in [1.29, 1.82) is 0 Å². The van der Waals surface area contributed by atoms with Gasteiger partial charge >= 0.3 is 0 Å². The third-order valence-electron chi connectivity index (χ3n) is 7.11. The van der Waals surface area contributed by atoms with E-state index in [1.54, 1.807) is 0 Å². The molecule has 0 spiro atoms. The van der Waals surface area contributed by atoms with Crippen LogP contribution in [0.2, 0.25) is 0 Å². The number of aromatic nitrogens is 2. The summed E-state index contributed by atoms with van der Waals surface area (Å²) < 4.78 is 4.47. The van der Waals surface area contributed by atoms with E-state index >= 15 is 0 Å². The van der Waals surface area contributed by atoms with Crippen LogP contribution in [-0.2, 0) is 23.6 Å². The molecular weight excluding hydrogens is 515 g/mol. The van der Waals surface area contributed by atoms with Gasteiger partial charge in [-0.2, -0.15) is 4.57 Å². The minimum absolute atomic E-state index is 0. The number of nitrogens with zero attached hydrogens (tertiary/aromatic N) is 2. The average Bonchev–Trinajstić information content (AvgIpc) is 3.61. The van der Waals surface area contributed by atoms with Crippen LogP contribution in [0.5, 0.6) is 0 Å². The first kappa shape index (κ1) is 31.6. The van der Waals surface area contributed by atoms with Crippen molar-refractivity contribution in [3.63, 3.8) is 0 Å². The van der Waals surface area contributed by atoms with E-state index in [-0.39, 0.29) is 41.9 Å². The molecule has 0 unspecified atom stereocenters. The Labute approximate surface area is 235 Å². The van der Waals surface area contributed by atoms with Gasteiger partial charge in [-0.25, -0.2) is 4.57 Å². The molecule has 2 heterocycles. The summed E-state index contributed by atoms with van der Waals surface area (Å²) in [5.74, 6) is 1.02. The zero-order chi connectivity index (χ0) is 21.8. The van der Waals surface area contributed by atoms with Crippen molar-refractivity contribution in [3.8, 4) is 16.8 Å². The van der Waals surface area contributed by atoms with Gasteiger partial charge in [0.2, 0.25) is 5.69 Å². The van der Waals surface area contributed by atoms with E-state index in [4.69, 9.17) is 0 Å². The van der Waals surface area contributed by atoms with Crippen LogP contribution >= 0.6 is 0 Å². The fourth-order valence-electron chi connectivity index (χ4n) is 5.10. The molecule has 2 aliphatic carbocycles. The summed E-state index contributed by atoms with van der Waals surface area (Å²) in [6.45, 7) is 1.13. The van der Waals surface area contributed by atoms with Crippen molar-refractivity contribution in [1.82, 2.24) is 0 Å². The molecule has 0 N–H and O–H groups in total. The molecule has 0 bridgehead atoms. The van der Waals surface area contributed by atoms with Crippen LogP contribution in [0.3, 0.4) is 0 Å². The van der Waals surface area contributed by atoms with Gasteiger partial charge in [-0.05, 0) is 23.5 Å². The van der Waals surface area contributed by atoms with E-state index in [0.717, 1.165) is 12.5 Å². The standard InChI is InChI=1S/C25H30N2.C5H10.2ClH.Fe/c1-2-11-25(12-3-1)27-20-15-24(16-21-27)23-13-18-26(19-14-23)17-7-6-10-22-8-4-5-9-22;1-2-4-5-3-1;;;/h1-3,11-16,18-22H,4-10,17H2;1-5H2;2*1H;/q+2;;;;/p-2. The number of hydrogen-bond acceptors (Lipinski definition) is 0. The Morgan fingerprint density at radius 1 is 0.600 bits per heavy atom. The molecule has 0 radical (unpaired) electrons. The van der Waals surface area contributed by atoms with Crippen molar-refractivity contribution < 1.29 is 51.0 Å². The molecule has 0 aliphatic heterocycles. The SMILES string of the molecule is C1CCCC1.[Cl-].[Cl-].[Fe].c1ccc(-[n+]2ccc(-c3cc[n+](CCCCC4CCCC4)cc3)cc2)cc1. The number of aryl methyl sites for hydroxylation is 1. The predicted molar refractivity (Wildman–Crippen MR) is 132 cm³/mol. The molecule has 2 fully saturated rings. The Morgan fingerprint density at radius 2 is 1.11 bits per heavy atom. The van der Waals surface area contributed by atoms with Crippen LogP contribution < -0.4 is 33.9 Å². The van der Waals surface area contributed by atoms with Gasteiger partial charge in [0, 0.05) is 59.9 Å². The Balaban J connectivity index is 0.000000685. The fourth-order valence-corrected chi connectivity index (χ4v) is 5.10. The molecule has 1 aromatic carbocycles. The summed E-state index contributed by atoms with van der Waals surface area (Å²) in [6, 6.07) is 19.3. The summed E-state index contributed by atoms with van der Waals surface area (Å²) in [7, 11) is 0. The first-order valence-corrected chi connectivity index (χ1v) is 12.9. The maximum atomic E-state index is 2.32. The van der Waals surface area contributed by atoms with Crippen molar-refractivity contribution in [2.24, 2.45) is 5.92 Å². The minimum Gasteiger partial charge on any atom is -1.00 e. The number of para-hydroxylation sites is 1. The number of unbranched alkanes of at least 4 members (excludes halogenated alkanes) is 1. The Bertz CT molecular complexity index is 900. The van der Waals surface area contributed by atoms with Gasteiger partial charge < -0.3 is 24.8 Å². The molecule has 0 saturated heterocycles. The second-order valence-corrected chi connectivity index (χ2v) is 9.57. The van der Waals surface area contributed by atoms with Crippen molar-refractivity contribution in [2.45, 2.75) is 83.6 Å². The van der Waals surface area contributed by atoms with Gasteiger partial charge in [-0.3, -0.25) is 0 Å². The van der Waals surface area contributed by atoms with Gasteiger partial charge in [-0.1, -0.05) is 82.4 Å². The minimum atomic E-state index is 0. The van der Waals surface area contributed by atoms with Crippen LogP contribution in [0.4, 0.5) is 0 Å². The number of rotatable bonds is 7. The van der Waals surface area contributed by atoms with Gasteiger partial charge in [0.15, 0.2) is 24.8 Å². The molecule has 2 aromatic heterocycles. The predicted octanol–water partition coefficient (Wildman–Crippen LogP) is 1.23. The maximum Gasteiger partial charge on any atom is 0.210 e. The quantitative estimate of drug-likeness (QED) is 0.236. The van der Waals surface area contributed by atoms with E-state index in [0.29, 0.717) is 0 Å². The molecule has 2 nitrogen and oxygen atoms in total. The molecular formula is C30H40Cl2FeN2. The van der Waals surface area contributed by atoms with E-state index < -0.39 is 0 Å². The number of benzene rings is 1. The Hall–Kier alpha value is -1.38. The molecule has 0 atom stereocenters. The number of hydrogen-bond donors (Lipinski definition) is 0. The van der Waals surface area contributed by atoms with Crippen molar-refractivity contribution >= 4 is 0 Å². The molecule has 5 rings (SSSR count). The number of halogens is 2. The molecule has 5 heteroatoms. The van der Waals surface area contributed by atoms with Gasteiger partial charge in [-0.15, -0.1) is 0 Å². The Morgan fingerprint density at radius 3 is 1.66 bits per heavy atom. The van der Waals surface area contributed by atoms with Crippen LogP contribution in [0, 0.1) is 5.92 Å². The topological polar surface area (TPSA) is 7.76 Å². The smallest absolute Gasteiger partial charge is 0.210 e. The van der Waals surface area contributed by atoms with E-state index in [1.807, 2.05) is 6.07 Å². The van der Waals surface area contributed by atoms with E-state index in [1.165, 1.54) is 93.9 Å². The van der Waals surface area contributed by atoms with Gasteiger partial charge in [0.05, 0.1) is 0 Å². The van der Waals surface area contributed by atoms with Crippen molar-refractivity contribution in [2.75, 3.05) is 0 Å². The monoisotopic (exact) mass is 554 g/mol. The van der Waals surface area contributed by atoms with Gasteiger partial charge in [0.25, 0.3) is 0 Å². The molecule has 35 heavy (non-hydrogen) atoms. The molecule has 2 saturated carbocycles. The van der Waals surface area contributed by atoms with Crippen LogP contribution in [0.1, 0.15) is 77.0 Å². The Kier molecular flexibility index (Phi) is 16.2. The number of pyridine rings is 2. The second kappa shape index (κ2) is 18.0. The van der Waals surface area contributed by atoms with E-state index in [9.17, 15) is 0 Å². The van der Waals surface area contributed by atoms with Gasteiger partial charge in [0.1, 0.15) is 6.54 Å². The third-order valence-corrected chi connectivity index (χ3v) is 7.11. The van der Waals surface area contributed by atoms with Crippen LogP contribution in [0.25, 0.3) is 16.8 Å². The summed E-state index contributed by atoms with van der Waals surface area (Å²) in [4.78, 5) is 0. The second-order valence-electron chi connectivity index (χ2n) is 9.57. The first-order valence-electron chi connectivity index (χ1n) is 12.9.